The minimum absolute atomic E-state index is 0. The number of esters is 4. The predicted molar refractivity (Wildman–Crippen MR) is 338 cm³/mol. The molecule has 9 unspecified atom stereocenters. The third-order valence-electron chi connectivity index (χ3n) is 18.6. The summed E-state index contributed by atoms with van der Waals surface area (Å²) in [6.07, 6.45) is 16.7. The van der Waals surface area contributed by atoms with Crippen LogP contribution in [0.3, 0.4) is 0 Å². The summed E-state index contributed by atoms with van der Waals surface area (Å²) in [4.78, 5) is 89.4. The highest BCUT2D eigenvalue weighted by Crippen LogP contribution is 2.69. The first-order chi connectivity index (χ1) is 34.3. The van der Waals surface area contributed by atoms with Crippen LogP contribution in [-0.4, -0.2) is 94.1 Å². The van der Waals surface area contributed by atoms with Crippen molar-refractivity contribution >= 4 is 47.8 Å². The fourth-order valence-corrected chi connectivity index (χ4v) is 12.9. The van der Waals surface area contributed by atoms with Gasteiger partial charge in [-0.1, -0.05) is 94.5 Å². The molecule has 0 aromatic heterocycles. The molecular formula is C67H132O16. The smallest absolute Gasteiger partial charge is 0.312 e. The fourth-order valence-electron chi connectivity index (χ4n) is 12.9. The van der Waals surface area contributed by atoms with Crippen LogP contribution in [0.1, 0.15) is 278 Å². The van der Waals surface area contributed by atoms with E-state index >= 15 is 0 Å². The lowest BCUT2D eigenvalue weighted by molar-refractivity contribution is -0.215. The van der Waals surface area contributed by atoms with Crippen molar-refractivity contribution in [1.82, 2.24) is 0 Å². The maximum Gasteiger partial charge on any atom is 0.312 e. The number of carbonyl (C=O) groups is 8. The first-order valence-electron chi connectivity index (χ1n) is 27.9. The molecule has 0 amide bonds. The van der Waals surface area contributed by atoms with E-state index in [1.165, 1.54) is 32.8 Å². The number of ether oxygens (including phenoxy) is 4. The van der Waals surface area contributed by atoms with Gasteiger partial charge in [0.2, 0.25) is 0 Å². The molecule has 8 rings (SSSR count). The maximum absolute atomic E-state index is 12.5. The molecule has 0 aliphatic heterocycles. The SMILES string of the molecule is C.C.C.C.C.C.C.C.C.CCC(C)(C)C(=O)OC.CCC(C)(C)C(=O)OC12CC3CC(C1)CC(C(=O)O)(C3)C2.CCC(C)(C)C(=O)OCCC(=O)O.CCC(C)(C)C(=O)OCCCCCC(=O)O.O=C(O)C1CC2CC1C1C3CCC(C3)C21. The van der Waals surface area contributed by atoms with Crippen LogP contribution in [0, 0.1) is 80.3 Å². The van der Waals surface area contributed by atoms with E-state index in [2.05, 4.69) is 4.74 Å². The van der Waals surface area contributed by atoms with Gasteiger partial charge in [0.05, 0.1) is 53.1 Å². The van der Waals surface area contributed by atoms with Crippen LogP contribution in [0.15, 0.2) is 0 Å². The highest BCUT2D eigenvalue weighted by atomic mass is 16.6. The van der Waals surface area contributed by atoms with Gasteiger partial charge in [-0.2, -0.15) is 0 Å². The summed E-state index contributed by atoms with van der Waals surface area (Å²) in [5, 5.41) is 35.6. The molecule has 9 atom stereocenters. The Morgan fingerprint density at radius 2 is 0.892 bits per heavy atom. The van der Waals surface area contributed by atoms with Gasteiger partial charge in [-0.3, -0.25) is 38.4 Å². The van der Waals surface area contributed by atoms with Crippen molar-refractivity contribution in [3.8, 4) is 0 Å². The van der Waals surface area contributed by atoms with E-state index in [0.29, 0.717) is 43.6 Å². The van der Waals surface area contributed by atoms with Gasteiger partial charge in [-0.15, -0.1) is 0 Å². The van der Waals surface area contributed by atoms with Crippen LogP contribution in [0.25, 0.3) is 0 Å². The number of methoxy groups -OCH3 is 1. The minimum atomic E-state index is -0.956. The highest BCUT2D eigenvalue weighted by Gasteiger charge is 2.64. The molecule has 8 fully saturated rings. The summed E-state index contributed by atoms with van der Waals surface area (Å²) >= 11 is 0. The van der Waals surface area contributed by atoms with E-state index in [1.54, 1.807) is 13.8 Å². The molecule has 0 saturated heterocycles. The van der Waals surface area contributed by atoms with E-state index in [0.717, 1.165) is 100 Å². The second kappa shape index (κ2) is 38.7. The predicted octanol–water partition coefficient (Wildman–Crippen LogP) is 17.2. The molecule has 0 aromatic carbocycles. The number of hydrogen-bond donors (Lipinski definition) is 4. The van der Waals surface area contributed by atoms with Gasteiger partial charge in [-0.05, 0) is 212 Å². The summed E-state index contributed by atoms with van der Waals surface area (Å²) in [6.45, 7) is 23.0. The summed E-state index contributed by atoms with van der Waals surface area (Å²) in [7, 11) is 1.42. The molecule has 0 aromatic rings. The van der Waals surface area contributed by atoms with Crippen molar-refractivity contribution in [1.29, 1.82) is 0 Å². The molecule has 8 aliphatic rings. The van der Waals surface area contributed by atoms with E-state index in [1.807, 2.05) is 69.2 Å². The van der Waals surface area contributed by atoms with Gasteiger partial charge in [0.25, 0.3) is 0 Å². The zero-order chi connectivity index (χ0) is 56.2. The number of carboxylic acid groups (broad SMARTS) is 4. The quantitative estimate of drug-likeness (QED) is 0.0382. The Bertz CT molecular complexity index is 1940. The topological polar surface area (TPSA) is 254 Å². The number of hydrogen-bond acceptors (Lipinski definition) is 12. The van der Waals surface area contributed by atoms with Crippen LogP contribution in [0.2, 0.25) is 0 Å². The lowest BCUT2D eigenvalue weighted by Gasteiger charge is -2.59. The summed E-state index contributed by atoms with van der Waals surface area (Å²) < 4.78 is 20.5. The number of carbonyl (C=O) groups excluding carboxylic acids is 4. The summed E-state index contributed by atoms with van der Waals surface area (Å²) in [5.74, 6) is 2.15. The zero-order valence-corrected chi connectivity index (χ0v) is 47.4. The van der Waals surface area contributed by atoms with E-state index in [-0.39, 0.29) is 121 Å². The summed E-state index contributed by atoms with van der Waals surface area (Å²) in [6, 6.07) is 0. The average Bonchev–Trinajstić information content (AvgIpc) is 4.15. The molecule has 4 N–H and O–H groups in total. The zero-order valence-electron chi connectivity index (χ0n) is 47.4. The van der Waals surface area contributed by atoms with Crippen LogP contribution in [-0.2, 0) is 57.3 Å². The third-order valence-corrected chi connectivity index (χ3v) is 18.6. The Kier molecular flexibility index (Phi) is 43.2. The molecule has 8 saturated carbocycles. The molecular weight excluding hydrogens is 1060 g/mol. The number of carboxylic acids is 4. The molecule has 16 nitrogen and oxygen atoms in total. The summed E-state index contributed by atoms with van der Waals surface area (Å²) in [5.41, 5.74) is -2.87. The second-order valence-corrected chi connectivity index (χ2v) is 25.5. The molecule has 8 aliphatic carbocycles. The fraction of sp³-hybridized carbons (Fsp3) is 0.881. The maximum atomic E-state index is 12.5. The second-order valence-electron chi connectivity index (χ2n) is 25.5. The Labute approximate surface area is 508 Å². The minimum Gasteiger partial charge on any atom is -0.481 e. The number of unbranched alkanes of at least 4 members (excludes halogenated alkanes) is 2. The van der Waals surface area contributed by atoms with Gasteiger partial charge in [0, 0.05) is 12.8 Å². The van der Waals surface area contributed by atoms with Crippen molar-refractivity contribution < 1.29 is 77.7 Å². The lowest BCUT2D eigenvalue weighted by Crippen LogP contribution is -2.60. The Morgan fingerprint density at radius 3 is 1.29 bits per heavy atom. The Hall–Kier alpha value is -4.24. The number of rotatable bonds is 20. The number of aliphatic carboxylic acids is 4. The van der Waals surface area contributed by atoms with E-state index in [9.17, 15) is 48.6 Å². The van der Waals surface area contributed by atoms with Crippen molar-refractivity contribution in [3.05, 3.63) is 0 Å². The van der Waals surface area contributed by atoms with Crippen molar-refractivity contribution in [2.45, 2.75) is 284 Å². The lowest BCUT2D eigenvalue weighted by atomic mass is 9.48. The molecule has 496 valence electrons. The first kappa shape index (κ1) is 92.5. The monoisotopic (exact) mass is 1190 g/mol. The molecule has 0 heterocycles. The molecule has 16 heteroatoms. The largest absolute Gasteiger partial charge is 0.481 e. The first-order valence-corrected chi connectivity index (χ1v) is 27.9. The Morgan fingerprint density at radius 1 is 0.470 bits per heavy atom. The number of fused-ring (bicyclic) bond motifs is 9. The molecule has 83 heavy (non-hydrogen) atoms. The van der Waals surface area contributed by atoms with Gasteiger partial charge >= 0.3 is 47.8 Å². The van der Waals surface area contributed by atoms with Crippen molar-refractivity contribution in [3.63, 3.8) is 0 Å². The van der Waals surface area contributed by atoms with Crippen molar-refractivity contribution in [2.24, 2.45) is 80.3 Å². The van der Waals surface area contributed by atoms with Crippen LogP contribution in [0.4, 0.5) is 0 Å². The van der Waals surface area contributed by atoms with E-state index < -0.39 is 51.1 Å². The van der Waals surface area contributed by atoms with Crippen molar-refractivity contribution in [2.75, 3.05) is 20.3 Å². The Balaban J connectivity index is -0.000000173. The molecule has 0 spiro atoms. The van der Waals surface area contributed by atoms with Gasteiger partial charge < -0.3 is 39.4 Å². The van der Waals surface area contributed by atoms with Gasteiger partial charge in [0.15, 0.2) is 0 Å². The van der Waals surface area contributed by atoms with Crippen LogP contribution < -0.4 is 0 Å². The standard InChI is InChI=1S/C17H26O4.C13H18O2.C12H22O4.C9H16O4.C7H14O2.9CH4/c1-4-15(2,3)14(20)21-17-8-11-5-12(9-17)7-16(6-11,10-17)13(18)19;14-13(15)10-5-8-4-9(10)12-7-2-1-6(3-7)11(8)12;1-4-12(2,3)11(15)16-9-7-5-6-8-10(13)14;1-4-9(2,3)8(12)13-6-5-7(10)11;1-5-7(2,3)6(8)9-4;;;;;;;;;/h11-12H,4-10H2,1-3H3,(H,18,19);6-12H,1-5H2,(H,14,15);4-9H2,1-3H3,(H,13,14);4-6H2,1-3H3,(H,10,11);5H2,1-4H3;9*1H4. The van der Waals surface area contributed by atoms with Crippen LogP contribution in [0.5, 0.6) is 0 Å². The normalized spacial score (nSPS) is 26.3. The molecule has 8 bridgehead atoms. The van der Waals surface area contributed by atoms with Crippen LogP contribution >= 0.6 is 0 Å². The van der Waals surface area contributed by atoms with Gasteiger partial charge in [0.1, 0.15) is 12.2 Å². The van der Waals surface area contributed by atoms with Gasteiger partial charge in [-0.25, -0.2) is 0 Å². The highest BCUT2D eigenvalue weighted by molar-refractivity contribution is 5.79. The third kappa shape index (κ3) is 24.6. The van der Waals surface area contributed by atoms with E-state index in [4.69, 9.17) is 24.4 Å². The average molecular weight is 1190 g/mol. The molecule has 0 radical (unpaired) electrons.